The third-order valence-electron chi connectivity index (χ3n) is 3.67. The van der Waals surface area contributed by atoms with Gasteiger partial charge in [-0.1, -0.05) is 13.0 Å². The van der Waals surface area contributed by atoms with E-state index in [1.54, 1.807) is 6.07 Å². The highest BCUT2D eigenvalue weighted by Gasteiger charge is 2.34. The summed E-state index contributed by atoms with van der Waals surface area (Å²) in [6, 6.07) is 3.97. The van der Waals surface area contributed by atoms with E-state index in [-0.39, 0.29) is 10.9 Å². The molecule has 1 aromatic rings. The second-order valence-electron chi connectivity index (χ2n) is 5.14. The Morgan fingerprint density at radius 2 is 2.20 bits per heavy atom. The zero-order valence-corrected chi connectivity index (χ0v) is 12.7. The summed E-state index contributed by atoms with van der Waals surface area (Å²) in [6.07, 6.45) is 1.72. The molecule has 6 heteroatoms. The molecule has 4 nitrogen and oxygen atoms in total. The fourth-order valence-corrected chi connectivity index (χ4v) is 4.50. The van der Waals surface area contributed by atoms with E-state index in [2.05, 4.69) is 5.32 Å². The van der Waals surface area contributed by atoms with Gasteiger partial charge in [-0.05, 0) is 44.0 Å². The predicted octanol–water partition coefficient (Wildman–Crippen LogP) is 2.11. The molecule has 1 saturated heterocycles. The molecule has 0 bridgehead atoms. The minimum Gasteiger partial charge on any atom is -0.313 e. The van der Waals surface area contributed by atoms with Crippen molar-refractivity contribution >= 4 is 10.0 Å². The van der Waals surface area contributed by atoms with Gasteiger partial charge in [-0.15, -0.1) is 0 Å². The molecule has 1 aliphatic rings. The van der Waals surface area contributed by atoms with E-state index in [0.29, 0.717) is 18.7 Å². The number of hydrogen-bond donors (Lipinski definition) is 1. The number of rotatable bonds is 5. The van der Waals surface area contributed by atoms with Gasteiger partial charge in [0.2, 0.25) is 10.0 Å². The summed E-state index contributed by atoms with van der Waals surface area (Å²) in [5.41, 5.74) is 0.618. The van der Waals surface area contributed by atoms with Crippen LogP contribution in [0.4, 0.5) is 4.39 Å². The molecule has 20 heavy (non-hydrogen) atoms. The minimum atomic E-state index is -3.62. The van der Waals surface area contributed by atoms with Crippen molar-refractivity contribution < 1.29 is 12.8 Å². The lowest BCUT2D eigenvalue weighted by Crippen LogP contribution is -2.34. The number of halogens is 1. The second kappa shape index (κ2) is 6.20. The lowest BCUT2D eigenvalue weighted by Gasteiger charge is -2.22. The summed E-state index contributed by atoms with van der Waals surface area (Å²) >= 11 is 0. The standard InChI is InChI=1S/C14H21FN2O2S/c1-3-16-10-12-6-7-13(15)9-14(12)20(18,19)17-8-4-5-11(17)2/h6-7,9,11,16H,3-5,8,10H2,1-2H3. The van der Waals surface area contributed by atoms with Gasteiger partial charge in [0.25, 0.3) is 0 Å². The lowest BCUT2D eigenvalue weighted by molar-refractivity contribution is 0.407. The molecule has 0 aromatic heterocycles. The maximum Gasteiger partial charge on any atom is 0.243 e. The molecule has 1 fully saturated rings. The Morgan fingerprint density at radius 3 is 2.80 bits per heavy atom. The first-order valence-corrected chi connectivity index (χ1v) is 8.41. The van der Waals surface area contributed by atoms with E-state index in [9.17, 15) is 12.8 Å². The molecule has 1 aromatic carbocycles. The Labute approximate surface area is 120 Å². The van der Waals surface area contributed by atoms with Gasteiger partial charge in [0.05, 0.1) is 4.90 Å². The molecule has 0 amide bonds. The zero-order chi connectivity index (χ0) is 14.8. The highest BCUT2D eigenvalue weighted by Crippen LogP contribution is 2.28. The highest BCUT2D eigenvalue weighted by atomic mass is 32.2. The molecule has 112 valence electrons. The van der Waals surface area contributed by atoms with E-state index in [1.807, 2.05) is 13.8 Å². The first-order valence-electron chi connectivity index (χ1n) is 6.97. The van der Waals surface area contributed by atoms with E-state index in [1.165, 1.54) is 10.4 Å². The summed E-state index contributed by atoms with van der Waals surface area (Å²) in [6.45, 7) is 5.51. The fraction of sp³-hybridized carbons (Fsp3) is 0.571. The van der Waals surface area contributed by atoms with E-state index < -0.39 is 15.8 Å². The molecular weight excluding hydrogens is 279 g/mol. The van der Waals surface area contributed by atoms with E-state index in [0.717, 1.165) is 25.5 Å². The SMILES string of the molecule is CCNCc1ccc(F)cc1S(=O)(=O)N1CCCC1C. The van der Waals surface area contributed by atoms with Crippen molar-refractivity contribution in [3.63, 3.8) is 0 Å². The first-order chi connectivity index (χ1) is 9.46. The van der Waals surface area contributed by atoms with Gasteiger partial charge in [0.15, 0.2) is 0 Å². The number of hydrogen-bond acceptors (Lipinski definition) is 3. The highest BCUT2D eigenvalue weighted by molar-refractivity contribution is 7.89. The molecular formula is C14H21FN2O2S. The van der Waals surface area contributed by atoms with Crippen molar-refractivity contribution in [1.29, 1.82) is 0 Å². The van der Waals surface area contributed by atoms with Crippen LogP contribution in [0.25, 0.3) is 0 Å². The van der Waals surface area contributed by atoms with Gasteiger partial charge >= 0.3 is 0 Å². The lowest BCUT2D eigenvalue weighted by atomic mass is 10.2. The van der Waals surface area contributed by atoms with Crippen LogP contribution in [0.2, 0.25) is 0 Å². The van der Waals surface area contributed by atoms with Crippen LogP contribution < -0.4 is 5.32 Å². The van der Waals surface area contributed by atoms with Gasteiger partial charge in [-0.3, -0.25) is 0 Å². The van der Waals surface area contributed by atoms with Crippen LogP contribution in [-0.2, 0) is 16.6 Å². The number of nitrogens with one attached hydrogen (secondary N) is 1. The Balaban J connectivity index is 2.41. The summed E-state index contributed by atoms with van der Waals surface area (Å²) in [4.78, 5) is 0.0900. The van der Waals surface area contributed by atoms with Crippen molar-refractivity contribution in [2.24, 2.45) is 0 Å². The molecule has 1 N–H and O–H groups in total. The van der Waals surface area contributed by atoms with Gasteiger partial charge in [0, 0.05) is 19.1 Å². The first kappa shape index (κ1) is 15.4. The smallest absolute Gasteiger partial charge is 0.243 e. The van der Waals surface area contributed by atoms with Crippen LogP contribution in [0.1, 0.15) is 32.3 Å². The largest absolute Gasteiger partial charge is 0.313 e. The molecule has 0 aliphatic carbocycles. The summed E-state index contributed by atoms with van der Waals surface area (Å²) < 4.78 is 40.4. The van der Waals surface area contributed by atoms with Crippen molar-refractivity contribution in [3.8, 4) is 0 Å². The monoisotopic (exact) mass is 300 g/mol. The zero-order valence-electron chi connectivity index (χ0n) is 11.9. The number of sulfonamides is 1. The molecule has 0 spiro atoms. The average molecular weight is 300 g/mol. The third-order valence-corrected chi connectivity index (χ3v) is 5.77. The van der Waals surface area contributed by atoms with Crippen molar-refractivity contribution in [3.05, 3.63) is 29.6 Å². The Kier molecular flexibility index (Phi) is 4.78. The van der Waals surface area contributed by atoms with Crippen molar-refractivity contribution in [1.82, 2.24) is 9.62 Å². The number of benzene rings is 1. The van der Waals surface area contributed by atoms with Crippen LogP contribution in [0.3, 0.4) is 0 Å². The quantitative estimate of drug-likeness (QED) is 0.906. The average Bonchev–Trinajstić information content (AvgIpc) is 2.84. The van der Waals surface area contributed by atoms with Gasteiger partial charge in [-0.2, -0.15) is 4.31 Å². The fourth-order valence-electron chi connectivity index (χ4n) is 2.56. The van der Waals surface area contributed by atoms with E-state index in [4.69, 9.17) is 0 Å². The maximum absolute atomic E-state index is 13.5. The third kappa shape index (κ3) is 3.02. The predicted molar refractivity (Wildman–Crippen MR) is 76.4 cm³/mol. The second-order valence-corrected chi connectivity index (χ2v) is 7.00. The molecule has 1 heterocycles. The maximum atomic E-state index is 13.5. The normalized spacial score (nSPS) is 20.4. The molecule has 1 unspecified atom stereocenters. The van der Waals surface area contributed by atoms with Crippen LogP contribution in [0.5, 0.6) is 0 Å². The van der Waals surface area contributed by atoms with Gasteiger partial charge in [0.1, 0.15) is 5.82 Å². The van der Waals surface area contributed by atoms with Crippen LogP contribution in [0, 0.1) is 5.82 Å². The minimum absolute atomic E-state index is 0.0183. The summed E-state index contributed by atoms with van der Waals surface area (Å²) in [7, 11) is -3.62. The molecule has 0 saturated carbocycles. The van der Waals surface area contributed by atoms with Crippen LogP contribution in [0.15, 0.2) is 23.1 Å². The molecule has 1 atom stereocenters. The van der Waals surface area contributed by atoms with E-state index >= 15 is 0 Å². The van der Waals surface area contributed by atoms with Crippen molar-refractivity contribution in [2.75, 3.05) is 13.1 Å². The van der Waals surface area contributed by atoms with Crippen molar-refractivity contribution in [2.45, 2.75) is 44.2 Å². The van der Waals surface area contributed by atoms with Crippen LogP contribution in [-0.4, -0.2) is 31.9 Å². The van der Waals surface area contributed by atoms with Gasteiger partial charge in [-0.25, -0.2) is 12.8 Å². The molecule has 2 rings (SSSR count). The number of nitrogens with zero attached hydrogens (tertiary/aromatic N) is 1. The Bertz CT molecular complexity index is 575. The molecule has 0 radical (unpaired) electrons. The Hall–Kier alpha value is -0.980. The topological polar surface area (TPSA) is 49.4 Å². The summed E-state index contributed by atoms with van der Waals surface area (Å²) in [5, 5.41) is 3.09. The van der Waals surface area contributed by atoms with Gasteiger partial charge < -0.3 is 5.32 Å². The molecule has 1 aliphatic heterocycles. The summed E-state index contributed by atoms with van der Waals surface area (Å²) in [5.74, 6) is -0.518. The Morgan fingerprint density at radius 1 is 1.45 bits per heavy atom. The van der Waals surface area contributed by atoms with Crippen LogP contribution >= 0.6 is 0 Å².